The van der Waals surface area contributed by atoms with Gasteiger partial charge in [0.05, 0.1) is 11.4 Å². The number of benzene rings is 9. The molecule has 2 nitrogen and oxygen atoms in total. The van der Waals surface area contributed by atoms with E-state index in [1.807, 2.05) is 11.3 Å². The highest BCUT2D eigenvalue weighted by Gasteiger charge is 2.54. The minimum Gasteiger partial charge on any atom is -0.375 e. The molecule has 8 bridgehead atoms. The maximum Gasteiger partial charge on any atom is 0.334 e. The molecule has 11 aromatic rings. The number of rotatable bonds is 4. The molecule has 0 radical (unpaired) electrons. The van der Waals surface area contributed by atoms with Gasteiger partial charge in [-0.3, -0.25) is 0 Å². The Kier molecular flexibility index (Phi) is 8.62. The van der Waals surface area contributed by atoms with Gasteiger partial charge in [0, 0.05) is 64.2 Å². The van der Waals surface area contributed by atoms with Crippen molar-refractivity contribution in [2.45, 2.75) is 114 Å². The van der Waals surface area contributed by atoms with E-state index in [-0.39, 0.29) is 17.7 Å². The Balaban J connectivity index is 0.967. The summed E-state index contributed by atoms with van der Waals surface area (Å²) in [6.45, 7) is 7.05. The van der Waals surface area contributed by atoms with Crippen molar-refractivity contribution >= 4 is 110 Å². The first-order chi connectivity index (χ1) is 38.1. The molecule has 21 rings (SSSR count). The quantitative estimate of drug-likeness (QED) is 0.160. The van der Waals surface area contributed by atoms with E-state index in [0.717, 1.165) is 35.5 Å². The first kappa shape index (κ1) is 44.3. The van der Waals surface area contributed by atoms with Gasteiger partial charge >= 0.3 is 6.85 Å². The molecule has 8 fully saturated rings. The van der Waals surface area contributed by atoms with Crippen molar-refractivity contribution in [3.63, 3.8) is 0 Å². The summed E-state index contributed by atoms with van der Waals surface area (Å²) in [5.74, 6) is 5.34. The van der Waals surface area contributed by atoms with Crippen LogP contribution in [0.25, 0.3) is 85.8 Å². The topological polar surface area (TPSA) is 8.17 Å². The maximum absolute atomic E-state index is 2.94. The Morgan fingerprint density at radius 3 is 1.77 bits per heavy atom. The third-order valence-corrected chi connectivity index (χ3v) is 23.7. The number of fused-ring (bicyclic) bond motifs is 14. The highest BCUT2D eigenvalue weighted by molar-refractivity contribution is 7.27. The van der Waals surface area contributed by atoms with Gasteiger partial charge in [0.1, 0.15) is 0 Å². The second-order valence-electron chi connectivity index (χ2n) is 28.1. The molecule has 2 aromatic heterocycles. The van der Waals surface area contributed by atoms with Gasteiger partial charge in [-0.1, -0.05) is 118 Å². The summed E-state index contributed by atoms with van der Waals surface area (Å²) in [7, 11) is 0. The van der Waals surface area contributed by atoms with Crippen molar-refractivity contribution in [2.75, 3.05) is 4.90 Å². The fraction of sp³-hybridized carbons (Fsp3) is 0.324. The van der Waals surface area contributed by atoms with E-state index >= 15 is 0 Å². The van der Waals surface area contributed by atoms with Gasteiger partial charge in [0.2, 0.25) is 0 Å². The number of anilines is 3. The highest BCUT2D eigenvalue weighted by atomic mass is 32.1. The van der Waals surface area contributed by atoms with Crippen LogP contribution in [-0.4, -0.2) is 11.3 Å². The number of hydrogen-bond donors (Lipinski definition) is 0. The lowest BCUT2D eigenvalue weighted by molar-refractivity contribution is -0.00527. The van der Waals surface area contributed by atoms with Crippen LogP contribution < -0.4 is 15.8 Å². The normalized spacial score (nSPS) is 27.1. The summed E-state index contributed by atoms with van der Waals surface area (Å²) in [6.07, 6.45) is 17.1. The summed E-state index contributed by atoms with van der Waals surface area (Å²) in [4.78, 5) is 2.77. The largest absolute Gasteiger partial charge is 0.375 e. The molecule has 9 aromatic carbocycles. The summed E-state index contributed by atoms with van der Waals surface area (Å²) in [5.41, 5.74) is 20.3. The van der Waals surface area contributed by atoms with Crippen LogP contribution in [0.5, 0.6) is 0 Å². The van der Waals surface area contributed by atoms with Crippen LogP contribution >= 0.6 is 11.3 Å². The third-order valence-electron chi connectivity index (χ3n) is 22.5. The molecule has 10 aliphatic rings. The molecule has 0 atom stereocenters. The predicted molar refractivity (Wildman–Crippen MR) is 332 cm³/mol. The zero-order valence-corrected chi connectivity index (χ0v) is 46.2. The third kappa shape index (κ3) is 5.91. The molecule has 0 amide bonds. The van der Waals surface area contributed by atoms with Crippen molar-refractivity contribution in [1.29, 1.82) is 0 Å². The van der Waals surface area contributed by atoms with Crippen molar-refractivity contribution in [2.24, 2.45) is 35.5 Å². The standard InChI is InChI=1S/C74H65BN2S/c1-72(2,3)52-17-20-63(57(32-52)48-11-5-4-6-12-48)76-65-22-19-56-59-29-49-13-7-8-14-50(49)31-66(59)78-71(56)68(65)75-67-60(30-51-15-9-10-16-55(51)70(67)76)62-35-54(74-39-45-26-46(40-74)28-47(27-45)41-74)34-61-58-33-53(18-21-64(58)77(75)69(61)62)73-36-42-23-43(37-73)25-44(24-42)38-73/h4-22,29-35,42-47H,23-28,36-41H2,1-3H3. The minimum atomic E-state index is -0.0469. The molecule has 4 heterocycles. The smallest absolute Gasteiger partial charge is 0.334 e. The molecule has 0 spiro atoms. The van der Waals surface area contributed by atoms with E-state index in [9.17, 15) is 0 Å². The molecule has 78 heavy (non-hydrogen) atoms. The average Bonchev–Trinajstić information content (AvgIpc) is 3.20. The van der Waals surface area contributed by atoms with E-state index in [1.54, 1.807) is 11.1 Å². The molecule has 380 valence electrons. The Morgan fingerprint density at radius 2 is 1.08 bits per heavy atom. The lowest BCUT2D eigenvalue weighted by atomic mass is 9.44. The fourth-order valence-corrected chi connectivity index (χ4v) is 21.4. The molecule has 8 saturated carbocycles. The van der Waals surface area contributed by atoms with Crippen LogP contribution in [0.2, 0.25) is 0 Å². The molecule has 0 unspecified atom stereocenters. The number of hydrogen-bond acceptors (Lipinski definition) is 2. The SMILES string of the molecule is CC(C)(C)c1ccc(N2c3ccc4c(sc5cc6ccccc6cc54)c3B3c4c(cc5ccccc5c42)-c2cc(C45CC6CC(CC(C6)C4)C5)cc4c5cc(C67CC8CC(CC(C8)C6)C7)ccc5n3c24)c(-c2ccccc2)c1. The van der Waals surface area contributed by atoms with Gasteiger partial charge in [-0.2, -0.15) is 0 Å². The van der Waals surface area contributed by atoms with Crippen molar-refractivity contribution in [3.05, 3.63) is 174 Å². The monoisotopic (exact) mass is 1020 g/mol. The van der Waals surface area contributed by atoms with Gasteiger partial charge < -0.3 is 9.38 Å². The number of thiophene rings is 1. The second kappa shape index (κ2) is 15.2. The highest BCUT2D eigenvalue weighted by Crippen LogP contribution is 2.64. The molecular weight excluding hydrogens is 960 g/mol. The molecule has 0 N–H and O–H groups in total. The van der Waals surface area contributed by atoms with Crippen LogP contribution in [0.4, 0.5) is 17.1 Å². The number of aromatic nitrogens is 1. The maximum atomic E-state index is 2.94. The van der Waals surface area contributed by atoms with Crippen molar-refractivity contribution in [3.8, 4) is 22.3 Å². The second-order valence-corrected chi connectivity index (χ2v) is 29.1. The van der Waals surface area contributed by atoms with Gasteiger partial charge in [0.25, 0.3) is 0 Å². The Labute approximate surface area is 462 Å². The fourth-order valence-electron chi connectivity index (χ4n) is 20.1. The summed E-state index contributed by atoms with van der Waals surface area (Å²) in [5, 5.41) is 11.0. The Bertz CT molecular complexity index is 4400. The lowest BCUT2D eigenvalue weighted by Gasteiger charge is -2.57. The van der Waals surface area contributed by atoms with E-state index < -0.39 is 0 Å². The molecule has 8 aliphatic carbocycles. The predicted octanol–water partition coefficient (Wildman–Crippen LogP) is 18.8. The van der Waals surface area contributed by atoms with Crippen molar-refractivity contribution in [1.82, 2.24) is 4.48 Å². The lowest BCUT2D eigenvalue weighted by Crippen LogP contribution is -2.57. The molecular formula is C74H65BN2S. The van der Waals surface area contributed by atoms with Crippen LogP contribution in [0.3, 0.4) is 0 Å². The van der Waals surface area contributed by atoms with E-state index in [0.29, 0.717) is 5.41 Å². The van der Waals surface area contributed by atoms with E-state index in [4.69, 9.17) is 0 Å². The summed E-state index contributed by atoms with van der Waals surface area (Å²) in [6, 6.07) is 63.6. The Hall–Kier alpha value is -6.62. The minimum absolute atomic E-state index is 0.0210. The van der Waals surface area contributed by atoms with Gasteiger partial charge in [-0.25, -0.2) is 0 Å². The average molecular weight is 1030 g/mol. The zero-order chi connectivity index (χ0) is 51.1. The first-order valence-electron chi connectivity index (χ1n) is 30.2. The van der Waals surface area contributed by atoms with Gasteiger partial charge in [0.15, 0.2) is 0 Å². The van der Waals surface area contributed by atoms with Crippen LogP contribution in [0, 0.1) is 35.5 Å². The van der Waals surface area contributed by atoms with Crippen LogP contribution in [0.15, 0.2) is 158 Å². The van der Waals surface area contributed by atoms with E-state index in [2.05, 4.69) is 188 Å². The van der Waals surface area contributed by atoms with Gasteiger partial charge in [-0.15, -0.1) is 11.3 Å². The first-order valence-corrected chi connectivity index (χ1v) is 31.0. The summed E-state index contributed by atoms with van der Waals surface area (Å²) >= 11 is 2.03. The Morgan fingerprint density at radius 1 is 0.462 bits per heavy atom. The molecule has 2 aliphatic heterocycles. The molecule has 0 saturated heterocycles. The summed E-state index contributed by atoms with van der Waals surface area (Å²) < 4.78 is 5.72. The molecule has 4 heteroatoms. The van der Waals surface area contributed by atoms with Gasteiger partial charge in [-0.05, 0) is 244 Å². The zero-order valence-electron chi connectivity index (χ0n) is 45.3. The van der Waals surface area contributed by atoms with Crippen molar-refractivity contribution < 1.29 is 0 Å². The van der Waals surface area contributed by atoms with Crippen LogP contribution in [-0.2, 0) is 16.2 Å². The number of nitrogens with zero attached hydrogens (tertiary/aromatic N) is 2. The van der Waals surface area contributed by atoms with E-state index in [1.165, 1.54) is 196 Å². The van der Waals surface area contributed by atoms with Crippen LogP contribution in [0.1, 0.15) is 115 Å².